The number of allylic oxidation sites excluding steroid dienone is 4. The minimum Gasteiger partial charge on any atom is -0.368 e. The molecule has 2 aromatic carbocycles. The number of hydrogen-bond acceptors (Lipinski definition) is 4. The molecule has 4 rings (SSSR count). The van der Waals surface area contributed by atoms with Crippen molar-refractivity contribution in [2.75, 3.05) is 0 Å². The molecule has 6 heteroatoms. The lowest BCUT2D eigenvalue weighted by Gasteiger charge is -2.17. The van der Waals surface area contributed by atoms with Gasteiger partial charge in [-0.1, -0.05) is 90.0 Å². The molecule has 1 aliphatic rings. The number of carbonyl (C=O) groups is 2. The second kappa shape index (κ2) is 10.1. The fraction of sp³-hybridized carbons (Fsp3) is 0.143. The summed E-state index contributed by atoms with van der Waals surface area (Å²) in [7, 11) is 0. The van der Waals surface area contributed by atoms with Crippen molar-refractivity contribution in [1.29, 1.82) is 0 Å². The summed E-state index contributed by atoms with van der Waals surface area (Å²) in [5, 5.41) is 2.72. The zero-order valence-electron chi connectivity index (χ0n) is 19.2. The number of primary amides is 1. The monoisotopic (exact) mass is 450 g/mol. The van der Waals surface area contributed by atoms with E-state index in [9.17, 15) is 9.59 Å². The van der Waals surface area contributed by atoms with E-state index in [1.807, 2.05) is 86.7 Å². The highest BCUT2D eigenvalue weighted by Crippen LogP contribution is 2.29. The van der Waals surface area contributed by atoms with Gasteiger partial charge in [-0.15, -0.1) is 0 Å². The van der Waals surface area contributed by atoms with Gasteiger partial charge in [0.15, 0.2) is 0 Å². The number of carbonyl (C=O) groups excluding carboxylic acids is 2. The van der Waals surface area contributed by atoms with Crippen LogP contribution < -0.4 is 11.1 Å². The fourth-order valence-corrected chi connectivity index (χ4v) is 3.67. The molecule has 0 saturated carbocycles. The van der Waals surface area contributed by atoms with Gasteiger partial charge in [0.25, 0.3) is 5.91 Å². The van der Waals surface area contributed by atoms with Crippen molar-refractivity contribution >= 4 is 11.8 Å². The number of hydrogen-bond donors (Lipinski definition) is 2. The van der Waals surface area contributed by atoms with Gasteiger partial charge in [-0.05, 0) is 25.8 Å². The molecule has 170 valence electrons. The maximum Gasteiger partial charge on any atom is 0.272 e. The Morgan fingerprint density at radius 3 is 2.15 bits per heavy atom. The first-order valence-electron chi connectivity index (χ1n) is 11.1. The molecule has 1 atom stereocenters. The van der Waals surface area contributed by atoms with Crippen LogP contribution in [0, 0.1) is 13.8 Å². The van der Waals surface area contributed by atoms with Gasteiger partial charge in [0, 0.05) is 11.1 Å². The molecule has 6 nitrogen and oxygen atoms in total. The maximum absolute atomic E-state index is 13.1. The van der Waals surface area contributed by atoms with E-state index in [4.69, 9.17) is 5.73 Å². The number of aryl methyl sites for hydroxylation is 2. The Bertz CT molecular complexity index is 1300. The topological polar surface area (TPSA) is 98.0 Å². The van der Waals surface area contributed by atoms with Crippen molar-refractivity contribution in [1.82, 2.24) is 15.3 Å². The Hall–Kier alpha value is -4.32. The molecule has 1 heterocycles. The fourth-order valence-electron chi connectivity index (χ4n) is 3.67. The predicted molar refractivity (Wildman–Crippen MR) is 134 cm³/mol. The Balaban J connectivity index is 1.72. The van der Waals surface area contributed by atoms with Gasteiger partial charge in [0.1, 0.15) is 11.7 Å². The average molecular weight is 451 g/mol. The van der Waals surface area contributed by atoms with Gasteiger partial charge >= 0.3 is 0 Å². The highest BCUT2D eigenvalue weighted by Gasteiger charge is 2.24. The molecule has 0 spiro atoms. The summed E-state index contributed by atoms with van der Waals surface area (Å²) in [6.07, 6.45) is 11.3. The second-order valence-electron chi connectivity index (χ2n) is 8.22. The van der Waals surface area contributed by atoms with E-state index in [1.54, 1.807) is 6.08 Å². The largest absolute Gasteiger partial charge is 0.368 e. The van der Waals surface area contributed by atoms with Gasteiger partial charge in [0.05, 0.1) is 17.6 Å². The van der Waals surface area contributed by atoms with Gasteiger partial charge in [-0.25, -0.2) is 4.98 Å². The number of rotatable bonds is 6. The summed E-state index contributed by atoms with van der Waals surface area (Å²) in [5.74, 6) is -1.17. The normalized spacial score (nSPS) is 13.6. The van der Waals surface area contributed by atoms with E-state index in [0.717, 1.165) is 22.3 Å². The molecule has 0 saturated heterocycles. The van der Waals surface area contributed by atoms with Crippen molar-refractivity contribution in [3.63, 3.8) is 0 Å². The molecule has 3 aromatic rings. The molecule has 1 aromatic heterocycles. The lowest BCUT2D eigenvalue weighted by Crippen LogP contribution is -2.45. The van der Waals surface area contributed by atoms with Crippen LogP contribution in [0.25, 0.3) is 22.5 Å². The lowest BCUT2D eigenvalue weighted by molar-refractivity contribution is -0.118. The number of amides is 2. The number of nitrogens with one attached hydrogen (secondary N) is 1. The first kappa shape index (κ1) is 22.9. The Kier molecular flexibility index (Phi) is 6.78. The number of benzene rings is 2. The Labute approximate surface area is 199 Å². The number of nitrogens with zero attached hydrogens (tertiary/aromatic N) is 2. The van der Waals surface area contributed by atoms with Gasteiger partial charge in [-0.3, -0.25) is 14.6 Å². The van der Waals surface area contributed by atoms with E-state index in [0.29, 0.717) is 23.4 Å². The molecule has 34 heavy (non-hydrogen) atoms. The van der Waals surface area contributed by atoms with Crippen molar-refractivity contribution < 1.29 is 9.59 Å². The molecule has 3 N–H and O–H groups in total. The molecule has 0 radical (unpaired) electrons. The van der Waals surface area contributed by atoms with E-state index >= 15 is 0 Å². The third-order valence-electron chi connectivity index (χ3n) is 5.57. The second-order valence-corrected chi connectivity index (χ2v) is 8.22. The average Bonchev–Trinajstić information content (AvgIpc) is 3.12. The smallest absolute Gasteiger partial charge is 0.272 e. The highest BCUT2D eigenvalue weighted by molar-refractivity contribution is 5.98. The molecule has 0 aliphatic heterocycles. The summed E-state index contributed by atoms with van der Waals surface area (Å²) in [5.41, 5.74) is 11.6. The van der Waals surface area contributed by atoms with Crippen LogP contribution in [0.2, 0.25) is 0 Å². The van der Waals surface area contributed by atoms with Crippen LogP contribution in [0.4, 0.5) is 0 Å². The van der Waals surface area contributed by atoms with Crippen LogP contribution in [0.3, 0.4) is 0 Å². The summed E-state index contributed by atoms with van der Waals surface area (Å²) in [6.45, 7) is 4.03. The zero-order chi connectivity index (χ0) is 24.1. The van der Waals surface area contributed by atoms with Crippen LogP contribution in [-0.4, -0.2) is 27.8 Å². The van der Waals surface area contributed by atoms with Crippen molar-refractivity contribution in [2.24, 2.45) is 5.73 Å². The predicted octanol–water partition coefficient (Wildman–Crippen LogP) is 4.45. The molecule has 0 fully saturated rings. The summed E-state index contributed by atoms with van der Waals surface area (Å²) in [6, 6.07) is 14.9. The number of nitrogens with two attached hydrogens (primary N) is 1. The summed E-state index contributed by atoms with van der Waals surface area (Å²) >= 11 is 0. The van der Waals surface area contributed by atoms with Crippen molar-refractivity contribution in [3.05, 3.63) is 108 Å². The molecule has 1 aliphatic carbocycles. The standard InChI is InChI=1S/C28H26N4O2/c1-18-9-13-21(14-10-18)24-25(22-15-11-19(2)12-16-22)31-23(17-30-24)28(34)32-26(27(29)33)20-7-5-3-4-6-8-20/h3-5,7-17,26H,6H2,1-2H3,(H2,29,33)(H,32,34). The first-order valence-corrected chi connectivity index (χ1v) is 11.1. The molecule has 2 amide bonds. The Morgan fingerprint density at radius 1 is 0.912 bits per heavy atom. The molecular formula is C28H26N4O2. The minimum atomic E-state index is -0.968. The minimum absolute atomic E-state index is 0.106. The van der Waals surface area contributed by atoms with Gasteiger partial charge < -0.3 is 11.1 Å². The molecular weight excluding hydrogens is 424 g/mol. The van der Waals surface area contributed by atoms with Gasteiger partial charge in [-0.2, -0.15) is 0 Å². The van der Waals surface area contributed by atoms with Crippen LogP contribution in [0.5, 0.6) is 0 Å². The Morgan fingerprint density at radius 2 is 1.53 bits per heavy atom. The lowest BCUT2D eigenvalue weighted by atomic mass is 10.0. The molecule has 1 unspecified atom stereocenters. The van der Waals surface area contributed by atoms with E-state index in [-0.39, 0.29) is 5.69 Å². The summed E-state index contributed by atoms with van der Waals surface area (Å²) in [4.78, 5) is 34.5. The van der Waals surface area contributed by atoms with E-state index < -0.39 is 17.9 Å². The van der Waals surface area contributed by atoms with Crippen LogP contribution >= 0.6 is 0 Å². The quantitative estimate of drug-likeness (QED) is 0.580. The van der Waals surface area contributed by atoms with Crippen LogP contribution in [0.15, 0.2) is 90.7 Å². The third kappa shape index (κ3) is 5.18. The zero-order valence-corrected chi connectivity index (χ0v) is 19.2. The van der Waals surface area contributed by atoms with E-state index in [2.05, 4.69) is 15.3 Å². The van der Waals surface area contributed by atoms with Gasteiger partial charge in [0.2, 0.25) is 5.91 Å². The van der Waals surface area contributed by atoms with Crippen molar-refractivity contribution in [3.8, 4) is 22.5 Å². The van der Waals surface area contributed by atoms with Crippen LogP contribution in [0.1, 0.15) is 28.0 Å². The van der Waals surface area contributed by atoms with Crippen molar-refractivity contribution in [2.45, 2.75) is 26.3 Å². The summed E-state index contributed by atoms with van der Waals surface area (Å²) < 4.78 is 0. The van der Waals surface area contributed by atoms with Crippen LogP contribution in [-0.2, 0) is 4.79 Å². The first-order chi connectivity index (χ1) is 16.4. The SMILES string of the molecule is Cc1ccc(-c2ncc(C(=O)NC(C(N)=O)C3=CCC=CC=C3)nc2-c2ccc(C)cc2)cc1. The maximum atomic E-state index is 13.1. The highest BCUT2D eigenvalue weighted by atomic mass is 16.2. The van der Waals surface area contributed by atoms with E-state index in [1.165, 1.54) is 6.20 Å². The number of aromatic nitrogens is 2. The third-order valence-corrected chi connectivity index (χ3v) is 5.57. The molecule has 0 bridgehead atoms.